The van der Waals surface area contributed by atoms with E-state index in [2.05, 4.69) is 4.57 Å². The number of hydrogen-bond donors (Lipinski definition) is 0. The quantitative estimate of drug-likeness (QED) is 0.516. The van der Waals surface area contributed by atoms with Gasteiger partial charge in [0.1, 0.15) is 5.82 Å². The number of aromatic nitrogens is 2. The SMILES string of the molecule is Cc1nc2c(n1C)CCN(C(=O)c1ccc([N+](=O)[O-])cc1)c1ccccc1-2. The molecule has 0 saturated carbocycles. The topological polar surface area (TPSA) is 81.3 Å². The van der Waals surface area contributed by atoms with Gasteiger partial charge in [-0.3, -0.25) is 14.9 Å². The van der Waals surface area contributed by atoms with E-state index in [0.717, 1.165) is 28.5 Å². The predicted molar refractivity (Wildman–Crippen MR) is 102 cm³/mol. The molecule has 0 aliphatic carbocycles. The maximum Gasteiger partial charge on any atom is 0.269 e. The molecule has 0 atom stereocenters. The first-order chi connectivity index (χ1) is 13.0. The number of nitrogens with zero attached hydrogens (tertiary/aromatic N) is 4. The molecule has 2 aromatic carbocycles. The van der Waals surface area contributed by atoms with Crippen molar-refractivity contribution in [2.45, 2.75) is 13.3 Å². The summed E-state index contributed by atoms with van der Waals surface area (Å²) in [7, 11) is 1.98. The third kappa shape index (κ3) is 2.77. The van der Waals surface area contributed by atoms with Crippen LogP contribution in [0.15, 0.2) is 48.5 Å². The molecule has 1 aliphatic rings. The summed E-state index contributed by atoms with van der Waals surface area (Å²) in [6.07, 6.45) is 0.681. The third-order valence-corrected chi connectivity index (χ3v) is 5.03. The van der Waals surface area contributed by atoms with Crippen LogP contribution in [0.1, 0.15) is 21.9 Å². The third-order valence-electron chi connectivity index (χ3n) is 5.03. The van der Waals surface area contributed by atoms with Crippen molar-refractivity contribution in [3.63, 3.8) is 0 Å². The van der Waals surface area contributed by atoms with Gasteiger partial charge in [0.25, 0.3) is 11.6 Å². The predicted octanol–water partition coefficient (Wildman–Crippen LogP) is 3.51. The highest BCUT2D eigenvalue weighted by molar-refractivity contribution is 6.08. The fourth-order valence-corrected chi connectivity index (χ4v) is 3.50. The van der Waals surface area contributed by atoms with Crippen molar-refractivity contribution < 1.29 is 9.72 Å². The highest BCUT2D eigenvalue weighted by Gasteiger charge is 2.28. The van der Waals surface area contributed by atoms with Crippen LogP contribution >= 0.6 is 0 Å². The number of rotatable bonds is 2. The Morgan fingerprint density at radius 3 is 2.56 bits per heavy atom. The molecule has 0 unspecified atom stereocenters. The molecule has 0 fully saturated rings. The average Bonchev–Trinajstić information content (AvgIpc) is 2.87. The second kappa shape index (κ2) is 6.35. The molecule has 0 N–H and O–H groups in total. The zero-order chi connectivity index (χ0) is 19.1. The molecule has 27 heavy (non-hydrogen) atoms. The van der Waals surface area contributed by atoms with Crippen LogP contribution in [0.25, 0.3) is 11.3 Å². The summed E-state index contributed by atoms with van der Waals surface area (Å²) in [4.78, 5) is 30.0. The van der Waals surface area contributed by atoms with Gasteiger partial charge in [0.05, 0.1) is 16.3 Å². The van der Waals surface area contributed by atoms with Crippen molar-refractivity contribution in [1.29, 1.82) is 0 Å². The second-order valence-electron chi connectivity index (χ2n) is 6.54. The number of carbonyl (C=O) groups excluding carboxylic acids is 1. The van der Waals surface area contributed by atoms with Gasteiger partial charge in [-0.2, -0.15) is 0 Å². The number of nitro benzene ring substituents is 1. The normalized spacial score (nSPS) is 12.9. The molecule has 1 aliphatic heterocycles. The summed E-state index contributed by atoms with van der Waals surface area (Å²) in [6.45, 7) is 2.48. The summed E-state index contributed by atoms with van der Waals surface area (Å²) < 4.78 is 2.06. The standard InChI is InChI=1S/C20H18N4O3/c1-13-21-19-16-5-3-4-6-17(16)23(12-11-18(19)22(13)2)20(25)14-7-9-15(10-8-14)24(26)27/h3-10H,11-12H2,1-2H3. The first-order valence-corrected chi connectivity index (χ1v) is 8.65. The maximum absolute atomic E-state index is 13.2. The average molecular weight is 362 g/mol. The van der Waals surface area contributed by atoms with E-state index in [4.69, 9.17) is 4.98 Å². The van der Waals surface area contributed by atoms with Gasteiger partial charge in [-0.15, -0.1) is 0 Å². The fourth-order valence-electron chi connectivity index (χ4n) is 3.50. The Morgan fingerprint density at radius 1 is 1.15 bits per heavy atom. The molecule has 7 heteroatoms. The van der Waals surface area contributed by atoms with Gasteiger partial charge in [0.2, 0.25) is 0 Å². The number of carbonyl (C=O) groups is 1. The lowest BCUT2D eigenvalue weighted by Crippen LogP contribution is -2.32. The maximum atomic E-state index is 13.2. The first-order valence-electron chi connectivity index (χ1n) is 8.65. The van der Waals surface area contributed by atoms with Crippen LogP contribution < -0.4 is 4.90 Å². The van der Waals surface area contributed by atoms with Crippen LogP contribution in [0.3, 0.4) is 0 Å². The molecule has 7 nitrogen and oxygen atoms in total. The van der Waals surface area contributed by atoms with Crippen molar-refractivity contribution in [2.24, 2.45) is 7.05 Å². The van der Waals surface area contributed by atoms with Gasteiger partial charge < -0.3 is 9.47 Å². The van der Waals surface area contributed by atoms with Gasteiger partial charge in [-0.25, -0.2) is 4.98 Å². The van der Waals surface area contributed by atoms with E-state index in [0.29, 0.717) is 18.5 Å². The van der Waals surface area contributed by atoms with Crippen LogP contribution in [0, 0.1) is 17.0 Å². The van der Waals surface area contributed by atoms with Crippen LogP contribution in [0.4, 0.5) is 11.4 Å². The highest BCUT2D eigenvalue weighted by Crippen LogP contribution is 2.36. The Labute approximate surface area is 156 Å². The van der Waals surface area contributed by atoms with E-state index < -0.39 is 4.92 Å². The Morgan fingerprint density at radius 2 is 1.85 bits per heavy atom. The molecular weight excluding hydrogens is 344 g/mol. The minimum absolute atomic E-state index is 0.0325. The summed E-state index contributed by atoms with van der Waals surface area (Å²) >= 11 is 0. The van der Waals surface area contributed by atoms with Crippen LogP contribution in [-0.2, 0) is 13.5 Å². The number of hydrogen-bond acceptors (Lipinski definition) is 4. The Kier molecular flexibility index (Phi) is 3.99. The smallest absolute Gasteiger partial charge is 0.269 e. The molecule has 4 rings (SSSR count). The molecule has 0 saturated heterocycles. The number of nitro groups is 1. The van der Waals surface area contributed by atoms with Gasteiger partial charge in [-0.1, -0.05) is 18.2 Å². The summed E-state index contributed by atoms with van der Waals surface area (Å²) in [5, 5.41) is 10.8. The number of imidazole rings is 1. The van der Waals surface area contributed by atoms with Crippen molar-refractivity contribution >= 4 is 17.3 Å². The van der Waals surface area contributed by atoms with Gasteiger partial charge in [0, 0.05) is 49.0 Å². The van der Waals surface area contributed by atoms with E-state index in [-0.39, 0.29) is 11.6 Å². The molecular formula is C20H18N4O3. The van der Waals surface area contributed by atoms with Crippen molar-refractivity contribution in [1.82, 2.24) is 9.55 Å². The van der Waals surface area contributed by atoms with Gasteiger partial charge >= 0.3 is 0 Å². The molecule has 0 spiro atoms. The van der Waals surface area contributed by atoms with E-state index >= 15 is 0 Å². The van der Waals surface area contributed by atoms with Crippen molar-refractivity contribution in [2.75, 3.05) is 11.4 Å². The molecule has 3 aromatic rings. The van der Waals surface area contributed by atoms with Gasteiger partial charge in [0.15, 0.2) is 0 Å². The monoisotopic (exact) mass is 362 g/mol. The van der Waals surface area contributed by atoms with Crippen LogP contribution in [-0.4, -0.2) is 26.9 Å². The summed E-state index contributed by atoms with van der Waals surface area (Å²) in [5.74, 6) is 0.756. The van der Waals surface area contributed by atoms with Gasteiger partial charge in [-0.05, 0) is 25.1 Å². The Hall–Kier alpha value is -3.48. The number of fused-ring (bicyclic) bond motifs is 3. The van der Waals surface area contributed by atoms with E-state index in [9.17, 15) is 14.9 Å². The molecule has 0 radical (unpaired) electrons. The van der Waals surface area contributed by atoms with E-state index in [1.165, 1.54) is 24.3 Å². The molecule has 2 heterocycles. The minimum Gasteiger partial charge on any atom is -0.335 e. The summed E-state index contributed by atoms with van der Waals surface area (Å²) in [6, 6.07) is 13.4. The molecule has 1 amide bonds. The number of benzene rings is 2. The summed E-state index contributed by atoms with van der Waals surface area (Å²) in [5.41, 5.74) is 4.12. The lowest BCUT2D eigenvalue weighted by Gasteiger charge is -2.23. The van der Waals surface area contributed by atoms with Crippen molar-refractivity contribution in [3.05, 3.63) is 75.7 Å². The van der Waals surface area contributed by atoms with E-state index in [1.54, 1.807) is 4.90 Å². The first kappa shape index (κ1) is 17.0. The molecule has 136 valence electrons. The zero-order valence-corrected chi connectivity index (χ0v) is 15.0. The number of amides is 1. The largest absolute Gasteiger partial charge is 0.335 e. The lowest BCUT2D eigenvalue weighted by atomic mass is 10.1. The van der Waals surface area contributed by atoms with Crippen LogP contribution in [0.5, 0.6) is 0 Å². The Balaban J connectivity index is 1.77. The number of aryl methyl sites for hydroxylation is 1. The van der Waals surface area contributed by atoms with E-state index in [1.807, 2.05) is 38.2 Å². The number of non-ortho nitro benzene ring substituents is 1. The number of anilines is 1. The molecule has 0 bridgehead atoms. The minimum atomic E-state index is -0.472. The second-order valence-corrected chi connectivity index (χ2v) is 6.54. The lowest BCUT2D eigenvalue weighted by molar-refractivity contribution is -0.384. The number of para-hydroxylation sites is 1. The highest BCUT2D eigenvalue weighted by atomic mass is 16.6. The Bertz CT molecular complexity index is 1050. The zero-order valence-electron chi connectivity index (χ0n) is 15.0. The molecule has 1 aromatic heterocycles. The van der Waals surface area contributed by atoms with Crippen LogP contribution in [0.2, 0.25) is 0 Å². The fraction of sp³-hybridized carbons (Fsp3) is 0.200. The van der Waals surface area contributed by atoms with Crippen molar-refractivity contribution in [3.8, 4) is 11.3 Å².